The van der Waals surface area contributed by atoms with Crippen LogP contribution >= 0.6 is 0 Å². The Labute approximate surface area is 206 Å². The fourth-order valence-electron chi connectivity index (χ4n) is 5.05. The van der Waals surface area contributed by atoms with Crippen molar-refractivity contribution < 1.29 is 31.5 Å². The number of nitrogens with two attached hydrogens (primary N) is 1. The van der Waals surface area contributed by atoms with Gasteiger partial charge in [-0.05, 0) is 74.3 Å². The van der Waals surface area contributed by atoms with Crippen molar-refractivity contribution in [1.29, 1.82) is 0 Å². The molecular weight excluding hydrogens is 481 g/mol. The van der Waals surface area contributed by atoms with Crippen LogP contribution in [0.5, 0.6) is 0 Å². The number of benzene rings is 2. The van der Waals surface area contributed by atoms with E-state index in [1.807, 2.05) is 0 Å². The third-order valence-electron chi connectivity index (χ3n) is 7.10. The fraction of sp³-hybridized carbons (Fsp3) is 0.500. The van der Waals surface area contributed by atoms with Gasteiger partial charge < -0.3 is 20.7 Å². The number of rotatable bonds is 6. The number of piperidine rings is 1. The average Bonchev–Trinajstić information content (AvgIpc) is 2.84. The third kappa shape index (κ3) is 6.46. The molecule has 3 N–H and O–H groups in total. The molecule has 1 amide bonds. The number of halogens is 5. The number of anilines is 2. The highest BCUT2D eigenvalue weighted by molar-refractivity contribution is 5.77. The number of carbonyl (C=O) groups is 1. The smallest absolute Gasteiger partial charge is 0.398 e. The monoisotopic (exact) mass is 511 g/mol. The molecule has 1 aliphatic heterocycles. The lowest BCUT2D eigenvalue weighted by atomic mass is 9.89. The summed E-state index contributed by atoms with van der Waals surface area (Å²) in [4.78, 5) is 14.3. The van der Waals surface area contributed by atoms with Crippen LogP contribution in [0.4, 0.5) is 33.3 Å². The van der Waals surface area contributed by atoms with E-state index in [-0.39, 0.29) is 36.3 Å². The number of nitrogens with zero attached hydrogens (tertiary/aromatic N) is 1. The Morgan fingerprint density at radius 2 is 1.69 bits per heavy atom. The zero-order valence-corrected chi connectivity index (χ0v) is 19.8. The molecule has 1 heterocycles. The van der Waals surface area contributed by atoms with Crippen molar-refractivity contribution in [2.45, 2.75) is 62.8 Å². The van der Waals surface area contributed by atoms with Crippen molar-refractivity contribution in [2.75, 3.05) is 30.7 Å². The molecule has 0 unspecified atom stereocenters. The highest BCUT2D eigenvalue weighted by Gasteiger charge is 2.33. The number of nitrogens with one attached hydrogen (secondary N) is 1. The molecular formula is C26H30F5N3O2. The van der Waals surface area contributed by atoms with Gasteiger partial charge in [0, 0.05) is 36.6 Å². The van der Waals surface area contributed by atoms with Crippen molar-refractivity contribution in [3.63, 3.8) is 0 Å². The van der Waals surface area contributed by atoms with E-state index in [9.17, 15) is 26.7 Å². The number of nitrogen functional groups attached to an aromatic ring is 1. The lowest BCUT2D eigenvalue weighted by molar-refractivity contribution is -0.140. The number of carbonyl (C=O) groups excluding carboxylic acids is 1. The number of hydrogen-bond acceptors (Lipinski definition) is 4. The van der Waals surface area contributed by atoms with Crippen molar-refractivity contribution in [3.8, 4) is 0 Å². The Morgan fingerprint density at radius 3 is 2.33 bits per heavy atom. The van der Waals surface area contributed by atoms with Gasteiger partial charge in [0.2, 0.25) is 5.91 Å². The SMILES string of the molecule is Nc1ccc(NC2CCC(OCC(=O)N3CCC(c4ccc(F)cc4F)CC3)CC2)cc1C(F)(F)F. The maximum absolute atomic E-state index is 14.1. The summed E-state index contributed by atoms with van der Waals surface area (Å²) in [5, 5.41) is 3.15. The number of hydrogen-bond donors (Lipinski definition) is 2. The fourth-order valence-corrected chi connectivity index (χ4v) is 5.05. The van der Waals surface area contributed by atoms with Crippen LogP contribution in [-0.4, -0.2) is 42.6 Å². The minimum atomic E-state index is -4.51. The van der Waals surface area contributed by atoms with Gasteiger partial charge in [-0.1, -0.05) is 6.07 Å². The van der Waals surface area contributed by atoms with Crippen LogP contribution in [0.15, 0.2) is 36.4 Å². The topological polar surface area (TPSA) is 67.6 Å². The van der Waals surface area contributed by atoms with E-state index in [1.165, 1.54) is 18.2 Å². The van der Waals surface area contributed by atoms with Gasteiger partial charge in [-0.15, -0.1) is 0 Å². The van der Waals surface area contributed by atoms with E-state index in [1.54, 1.807) is 11.0 Å². The van der Waals surface area contributed by atoms with Crippen molar-refractivity contribution in [2.24, 2.45) is 0 Å². The maximum Gasteiger partial charge on any atom is 0.418 e. The first-order chi connectivity index (χ1) is 17.1. The van der Waals surface area contributed by atoms with Crippen LogP contribution in [0.25, 0.3) is 0 Å². The Morgan fingerprint density at radius 1 is 1.00 bits per heavy atom. The summed E-state index contributed by atoms with van der Waals surface area (Å²) in [6.07, 6.45) is -0.589. The molecule has 0 spiro atoms. The van der Waals surface area contributed by atoms with Crippen molar-refractivity contribution >= 4 is 17.3 Å². The molecule has 0 aromatic heterocycles. The van der Waals surface area contributed by atoms with Gasteiger partial charge >= 0.3 is 6.18 Å². The molecule has 0 atom stereocenters. The van der Waals surface area contributed by atoms with Crippen LogP contribution in [0.1, 0.15) is 55.6 Å². The van der Waals surface area contributed by atoms with Gasteiger partial charge in [0.15, 0.2) is 0 Å². The first-order valence-corrected chi connectivity index (χ1v) is 12.2. The largest absolute Gasteiger partial charge is 0.418 e. The summed E-state index contributed by atoms with van der Waals surface area (Å²) in [6, 6.07) is 7.46. The van der Waals surface area contributed by atoms with E-state index in [0.29, 0.717) is 62.9 Å². The number of alkyl halides is 3. The quantitative estimate of drug-likeness (QED) is 0.385. The average molecular weight is 512 g/mol. The Balaban J connectivity index is 1.18. The maximum atomic E-state index is 14.1. The molecule has 10 heteroatoms. The van der Waals surface area contributed by atoms with Crippen LogP contribution < -0.4 is 11.1 Å². The van der Waals surface area contributed by atoms with Crippen molar-refractivity contribution in [1.82, 2.24) is 4.90 Å². The van der Waals surface area contributed by atoms with E-state index in [4.69, 9.17) is 10.5 Å². The lowest BCUT2D eigenvalue weighted by Crippen LogP contribution is -2.41. The highest BCUT2D eigenvalue weighted by atomic mass is 19.4. The summed E-state index contributed by atoms with van der Waals surface area (Å²) in [5.74, 6) is -1.32. The molecule has 36 heavy (non-hydrogen) atoms. The van der Waals surface area contributed by atoms with E-state index in [0.717, 1.165) is 12.1 Å². The summed E-state index contributed by atoms with van der Waals surface area (Å²) >= 11 is 0. The zero-order valence-electron chi connectivity index (χ0n) is 19.8. The van der Waals surface area contributed by atoms with E-state index >= 15 is 0 Å². The van der Waals surface area contributed by atoms with E-state index < -0.39 is 23.4 Å². The molecule has 2 aromatic carbocycles. The highest BCUT2D eigenvalue weighted by Crippen LogP contribution is 2.36. The van der Waals surface area contributed by atoms with Crippen LogP contribution in [0, 0.1) is 11.6 Å². The van der Waals surface area contributed by atoms with Crippen LogP contribution in [0.3, 0.4) is 0 Å². The normalized spacial score (nSPS) is 21.4. The Bertz CT molecular complexity index is 1060. The molecule has 5 nitrogen and oxygen atoms in total. The Kier molecular flexibility index (Phi) is 8.02. The van der Waals surface area contributed by atoms with E-state index in [2.05, 4.69) is 5.32 Å². The summed E-state index contributed by atoms with van der Waals surface area (Å²) < 4.78 is 72.3. The molecule has 1 saturated carbocycles. The van der Waals surface area contributed by atoms with Gasteiger partial charge in [-0.25, -0.2) is 8.78 Å². The second-order valence-corrected chi connectivity index (χ2v) is 9.55. The third-order valence-corrected chi connectivity index (χ3v) is 7.10. The molecule has 0 radical (unpaired) electrons. The van der Waals surface area contributed by atoms with Crippen LogP contribution in [0.2, 0.25) is 0 Å². The molecule has 4 rings (SSSR count). The van der Waals surface area contributed by atoms with Gasteiger partial charge in [-0.3, -0.25) is 4.79 Å². The first-order valence-electron chi connectivity index (χ1n) is 12.2. The molecule has 1 aliphatic carbocycles. The standard InChI is InChI=1S/C26H30F5N3O2/c27-17-1-7-21(23(28)13-17)16-9-11-34(12-10-16)25(35)15-36-20-5-2-18(3-6-20)33-19-4-8-24(32)22(14-19)26(29,30)31/h1,4,7-8,13-14,16,18,20,33H,2-3,5-6,9-12,15,32H2. The van der Waals surface area contributed by atoms with Gasteiger partial charge in [-0.2, -0.15) is 13.2 Å². The first kappa shape index (κ1) is 26.2. The number of amides is 1. The Hall–Kier alpha value is -2.88. The molecule has 2 aliphatic rings. The lowest BCUT2D eigenvalue weighted by Gasteiger charge is -2.33. The predicted octanol–water partition coefficient (Wildman–Crippen LogP) is 5.71. The molecule has 2 fully saturated rings. The van der Waals surface area contributed by atoms with Crippen molar-refractivity contribution in [3.05, 3.63) is 59.2 Å². The molecule has 2 aromatic rings. The molecule has 196 valence electrons. The van der Waals surface area contributed by atoms with Gasteiger partial charge in [0.1, 0.15) is 18.2 Å². The summed E-state index contributed by atoms with van der Waals surface area (Å²) in [5.41, 5.74) is 5.16. The second-order valence-electron chi connectivity index (χ2n) is 9.55. The van der Waals surface area contributed by atoms with Gasteiger partial charge in [0.05, 0.1) is 11.7 Å². The molecule has 1 saturated heterocycles. The zero-order chi connectivity index (χ0) is 25.9. The number of ether oxygens (including phenoxy) is 1. The summed E-state index contributed by atoms with van der Waals surface area (Å²) in [7, 11) is 0. The number of likely N-dealkylation sites (tertiary alicyclic amines) is 1. The predicted molar refractivity (Wildman–Crippen MR) is 126 cm³/mol. The van der Waals surface area contributed by atoms with Crippen LogP contribution in [-0.2, 0) is 15.7 Å². The second kappa shape index (κ2) is 11.0. The minimum Gasteiger partial charge on any atom is -0.398 e. The van der Waals surface area contributed by atoms with Gasteiger partial charge in [0.25, 0.3) is 0 Å². The molecule has 0 bridgehead atoms. The summed E-state index contributed by atoms with van der Waals surface area (Å²) in [6.45, 7) is 0.939. The minimum absolute atomic E-state index is 0.0103.